The number of methoxy groups -OCH3 is 1. The number of pyridine rings is 1. The summed E-state index contributed by atoms with van der Waals surface area (Å²) >= 11 is 0. The van der Waals surface area contributed by atoms with Crippen molar-refractivity contribution in [2.75, 3.05) is 7.11 Å². The van der Waals surface area contributed by atoms with E-state index in [-0.39, 0.29) is 0 Å². The summed E-state index contributed by atoms with van der Waals surface area (Å²) in [6.45, 7) is 3.19. The summed E-state index contributed by atoms with van der Waals surface area (Å²) in [6.07, 6.45) is 5.29. The second-order valence-corrected chi connectivity index (χ2v) is 5.01. The Labute approximate surface area is 104 Å². The summed E-state index contributed by atoms with van der Waals surface area (Å²) in [5, 5.41) is 3.59. The van der Waals surface area contributed by atoms with Crippen molar-refractivity contribution in [2.45, 2.75) is 45.2 Å². The Hall–Kier alpha value is -1.09. The zero-order valence-corrected chi connectivity index (χ0v) is 10.8. The lowest BCUT2D eigenvalue weighted by molar-refractivity contribution is 0.305. The van der Waals surface area contributed by atoms with Crippen LogP contribution in [0.4, 0.5) is 0 Å². The lowest BCUT2D eigenvalue weighted by Crippen LogP contribution is -2.32. The molecular weight excluding hydrogens is 212 g/mol. The summed E-state index contributed by atoms with van der Waals surface area (Å²) in [4.78, 5) is 4.41. The highest BCUT2D eigenvalue weighted by atomic mass is 16.5. The molecule has 0 saturated heterocycles. The highest BCUT2D eigenvalue weighted by molar-refractivity contribution is 5.15. The standard InChI is InChI=1S/C14H22N2O/c1-11-6-8-12(9-7-11)15-10-13-4-3-5-14(16-13)17-2/h3-5,11-12,15H,6-10H2,1-2H3. The van der Waals surface area contributed by atoms with E-state index in [1.807, 2.05) is 18.2 Å². The van der Waals surface area contributed by atoms with E-state index in [0.29, 0.717) is 11.9 Å². The van der Waals surface area contributed by atoms with Gasteiger partial charge in [0.2, 0.25) is 5.88 Å². The van der Waals surface area contributed by atoms with Gasteiger partial charge in [-0.3, -0.25) is 0 Å². The highest BCUT2D eigenvalue weighted by Crippen LogP contribution is 2.23. The molecule has 3 heteroatoms. The minimum Gasteiger partial charge on any atom is -0.481 e. The quantitative estimate of drug-likeness (QED) is 0.870. The number of nitrogens with zero attached hydrogens (tertiary/aromatic N) is 1. The number of nitrogens with one attached hydrogen (secondary N) is 1. The number of hydrogen-bond donors (Lipinski definition) is 1. The van der Waals surface area contributed by atoms with Gasteiger partial charge in [-0.05, 0) is 37.7 Å². The number of ether oxygens (including phenoxy) is 1. The minimum absolute atomic E-state index is 0.666. The summed E-state index contributed by atoms with van der Waals surface area (Å²) in [6, 6.07) is 6.58. The molecule has 3 nitrogen and oxygen atoms in total. The lowest BCUT2D eigenvalue weighted by Gasteiger charge is -2.26. The first kappa shape index (κ1) is 12.4. The molecule has 0 bridgehead atoms. The molecule has 1 aromatic rings. The second kappa shape index (κ2) is 6.01. The SMILES string of the molecule is COc1cccc(CNC2CCC(C)CC2)n1. The molecule has 0 aliphatic heterocycles. The van der Waals surface area contributed by atoms with E-state index in [2.05, 4.69) is 17.2 Å². The maximum Gasteiger partial charge on any atom is 0.213 e. The molecule has 1 aromatic heterocycles. The molecule has 0 radical (unpaired) electrons. The molecule has 1 aliphatic carbocycles. The van der Waals surface area contributed by atoms with Gasteiger partial charge in [0.15, 0.2) is 0 Å². The van der Waals surface area contributed by atoms with E-state index in [1.165, 1.54) is 25.7 Å². The Kier molecular flexibility index (Phi) is 4.37. The largest absolute Gasteiger partial charge is 0.481 e. The molecule has 1 heterocycles. The van der Waals surface area contributed by atoms with Crippen molar-refractivity contribution in [3.05, 3.63) is 23.9 Å². The van der Waals surface area contributed by atoms with Crippen LogP contribution in [0.15, 0.2) is 18.2 Å². The molecule has 0 atom stereocenters. The second-order valence-electron chi connectivity index (χ2n) is 5.01. The first-order valence-corrected chi connectivity index (χ1v) is 6.51. The van der Waals surface area contributed by atoms with Crippen LogP contribution in [0.1, 0.15) is 38.3 Å². The topological polar surface area (TPSA) is 34.1 Å². The van der Waals surface area contributed by atoms with Crippen LogP contribution in [0, 0.1) is 5.92 Å². The van der Waals surface area contributed by atoms with Crippen LogP contribution in [0.2, 0.25) is 0 Å². The summed E-state index contributed by atoms with van der Waals surface area (Å²) in [5.74, 6) is 1.60. The minimum atomic E-state index is 0.666. The van der Waals surface area contributed by atoms with E-state index in [9.17, 15) is 0 Å². The molecule has 17 heavy (non-hydrogen) atoms. The molecular formula is C14H22N2O. The van der Waals surface area contributed by atoms with Gasteiger partial charge in [0.1, 0.15) is 0 Å². The van der Waals surface area contributed by atoms with E-state index >= 15 is 0 Å². The van der Waals surface area contributed by atoms with E-state index in [0.717, 1.165) is 18.2 Å². The average molecular weight is 234 g/mol. The fraction of sp³-hybridized carbons (Fsp3) is 0.643. The fourth-order valence-corrected chi connectivity index (χ4v) is 2.38. The molecule has 0 unspecified atom stereocenters. The lowest BCUT2D eigenvalue weighted by atomic mass is 9.87. The molecule has 1 N–H and O–H groups in total. The van der Waals surface area contributed by atoms with Crippen LogP contribution in [0.3, 0.4) is 0 Å². The average Bonchev–Trinajstić information content (AvgIpc) is 2.38. The van der Waals surface area contributed by atoms with E-state index in [1.54, 1.807) is 7.11 Å². The van der Waals surface area contributed by atoms with Crippen LogP contribution >= 0.6 is 0 Å². The Morgan fingerprint density at radius 3 is 2.76 bits per heavy atom. The number of hydrogen-bond acceptors (Lipinski definition) is 3. The van der Waals surface area contributed by atoms with Crippen LogP contribution < -0.4 is 10.1 Å². The van der Waals surface area contributed by atoms with Crippen molar-refractivity contribution in [1.29, 1.82) is 0 Å². The van der Waals surface area contributed by atoms with Crippen molar-refractivity contribution in [3.63, 3.8) is 0 Å². The van der Waals surface area contributed by atoms with Crippen molar-refractivity contribution in [1.82, 2.24) is 10.3 Å². The summed E-state index contributed by atoms with van der Waals surface area (Å²) in [7, 11) is 1.65. The van der Waals surface area contributed by atoms with E-state index in [4.69, 9.17) is 4.74 Å². The Morgan fingerprint density at radius 1 is 1.29 bits per heavy atom. The van der Waals surface area contributed by atoms with Crippen LogP contribution in [-0.2, 0) is 6.54 Å². The third kappa shape index (κ3) is 3.70. The van der Waals surface area contributed by atoms with Crippen LogP contribution in [0.25, 0.3) is 0 Å². The zero-order chi connectivity index (χ0) is 12.1. The third-order valence-electron chi connectivity index (χ3n) is 3.58. The normalized spacial score (nSPS) is 24.6. The number of aromatic nitrogens is 1. The summed E-state index contributed by atoms with van der Waals surface area (Å²) < 4.78 is 5.12. The van der Waals surface area contributed by atoms with Gasteiger partial charge in [0.25, 0.3) is 0 Å². The van der Waals surface area contributed by atoms with Crippen molar-refractivity contribution >= 4 is 0 Å². The van der Waals surface area contributed by atoms with Gasteiger partial charge in [0, 0.05) is 18.7 Å². The van der Waals surface area contributed by atoms with Gasteiger partial charge in [0.05, 0.1) is 12.8 Å². The Balaban J connectivity index is 1.81. The predicted octanol–water partition coefficient (Wildman–Crippen LogP) is 2.76. The van der Waals surface area contributed by atoms with Crippen molar-refractivity contribution < 1.29 is 4.74 Å². The molecule has 1 aliphatic rings. The maximum atomic E-state index is 5.12. The smallest absolute Gasteiger partial charge is 0.213 e. The Bertz CT molecular complexity index is 346. The van der Waals surface area contributed by atoms with Gasteiger partial charge in [-0.25, -0.2) is 4.98 Å². The molecule has 94 valence electrons. The van der Waals surface area contributed by atoms with Gasteiger partial charge in [-0.1, -0.05) is 13.0 Å². The highest BCUT2D eigenvalue weighted by Gasteiger charge is 2.17. The van der Waals surface area contributed by atoms with Crippen molar-refractivity contribution in [2.24, 2.45) is 5.92 Å². The monoisotopic (exact) mass is 234 g/mol. The summed E-state index contributed by atoms with van der Waals surface area (Å²) in [5.41, 5.74) is 1.06. The first-order valence-electron chi connectivity index (χ1n) is 6.51. The predicted molar refractivity (Wildman–Crippen MR) is 69.0 cm³/mol. The molecule has 0 amide bonds. The van der Waals surface area contributed by atoms with Gasteiger partial charge in [-0.15, -0.1) is 0 Å². The molecule has 1 saturated carbocycles. The maximum absolute atomic E-state index is 5.12. The van der Waals surface area contributed by atoms with Crippen molar-refractivity contribution in [3.8, 4) is 5.88 Å². The van der Waals surface area contributed by atoms with Crippen LogP contribution in [0.5, 0.6) is 5.88 Å². The molecule has 0 aromatic carbocycles. The number of rotatable bonds is 4. The van der Waals surface area contributed by atoms with Crippen LogP contribution in [-0.4, -0.2) is 18.1 Å². The van der Waals surface area contributed by atoms with Gasteiger partial charge in [-0.2, -0.15) is 0 Å². The molecule has 1 fully saturated rings. The fourth-order valence-electron chi connectivity index (χ4n) is 2.38. The molecule has 0 spiro atoms. The van der Waals surface area contributed by atoms with E-state index < -0.39 is 0 Å². The Morgan fingerprint density at radius 2 is 2.06 bits per heavy atom. The van der Waals surface area contributed by atoms with Gasteiger partial charge >= 0.3 is 0 Å². The third-order valence-corrected chi connectivity index (χ3v) is 3.58. The first-order chi connectivity index (χ1) is 8.28. The zero-order valence-electron chi connectivity index (χ0n) is 10.8. The van der Waals surface area contributed by atoms with Gasteiger partial charge < -0.3 is 10.1 Å². The molecule has 2 rings (SSSR count).